The monoisotopic (exact) mass is 355 g/mol. The van der Waals surface area contributed by atoms with Gasteiger partial charge in [-0.1, -0.05) is 23.9 Å². The van der Waals surface area contributed by atoms with Crippen molar-refractivity contribution >= 4 is 22.6 Å². The maximum atomic E-state index is 12.7. The van der Waals surface area contributed by atoms with Gasteiger partial charge in [-0.25, -0.2) is 4.99 Å². The van der Waals surface area contributed by atoms with E-state index in [1.165, 1.54) is 23.9 Å². The van der Waals surface area contributed by atoms with Gasteiger partial charge in [0.15, 0.2) is 5.82 Å². The van der Waals surface area contributed by atoms with Gasteiger partial charge in [-0.2, -0.15) is 13.2 Å². The number of hydrogen-bond donors (Lipinski definition) is 1. The molecule has 0 radical (unpaired) electrons. The summed E-state index contributed by atoms with van der Waals surface area (Å²) in [5.41, 5.74) is 0.174. The number of aromatic amines is 1. The molecule has 1 aromatic carbocycles. The van der Waals surface area contributed by atoms with Crippen LogP contribution in [0.1, 0.15) is 48.8 Å². The van der Waals surface area contributed by atoms with Gasteiger partial charge in [-0.15, -0.1) is 0 Å². The number of nitrogens with one attached hydrogen (secondary N) is 1. The molecule has 0 bridgehead atoms. The highest BCUT2D eigenvalue weighted by Crippen LogP contribution is 2.44. The number of benzene rings is 1. The Morgan fingerprint density at radius 3 is 2.42 bits per heavy atom. The first kappa shape index (κ1) is 16.9. The fourth-order valence-corrected chi connectivity index (χ4v) is 3.77. The lowest BCUT2D eigenvalue weighted by Gasteiger charge is -2.21. The second kappa shape index (κ2) is 5.84. The minimum atomic E-state index is -4.38. The predicted octanol–water partition coefficient (Wildman–Crippen LogP) is 4.66. The third-order valence-electron chi connectivity index (χ3n) is 3.81. The van der Waals surface area contributed by atoms with E-state index in [4.69, 9.17) is 0 Å². The maximum Gasteiger partial charge on any atom is 0.416 e. The number of hydrogen-bond acceptors (Lipinski definition) is 3. The van der Waals surface area contributed by atoms with Gasteiger partial charge in [-0.3, -0.25) is 14.6 Å². The van der Waals surface area contributed by atoms with Crippen molar-refractivity contribution in [2.45, 2.75) is 38.2 Å². The van der Waals surface area contributed by atoms with Gasteiger partial charge < -0.3 is 0 Å². The summed E-state index contributed by atoms with van der Waals surface area (Å²) in [5, 5.41) is 3.16. The number of thioether (sulfide) groups is 1. The summed E-state index contributed by atoms with van der Waals surface area (Å²) in [6, 6.07) is 4.97. The number of halogens is 3. The molecule has 0 saturated carbocycles. The van der Waals surface area contributed by atoms with Crippen molar-refractivity contribution in [1.82, 2.24) is 9.78 Å². The first-order valence-electron chi connectivity index (χ1n) is 7.42. The Hall–Kier alpha value is -1.96. The summed E-state index contributed by atoms with van der Waals surface area (Å²) in [4.78, 5) is 16.8. The van der Waals surface area contributed by atoms with Crippen molar-refractivity contribution in [1.29, 1.82) is 0 Å². The summed E-state index contributed by atoms with van der Waals surface area (Å²) < 4.78 is 39.9. The Labute approximate surface area is 140 Å². The molecule has 24 heavy (non-hydrogen) atoms. The van der Waals surface area contributed by atoms with Crippen molar-refractivity contribution in [3.8, 4) is 0 Å². The molecule has 1 aliphatic rings. The maximum absolute atomic E-state index is 12.7. The van der Waals surface area contributed by atoms with E-state index >= 15 is 0 Å². The lowest BCUT2D eigenvalue weighted by atomic mass is 10.0. The molecule has 0 saturated heterocycles. The van der Waals surface area contributed by atoms with Crippen molar-refractivity contribution in [2.75, 3.05) is 0 Å². The average molecular weight is 355 g/mol. The van der Waals surface area contributed by atoms with E-state index in [0.29, 0.717) is 16.9 Å². The van der Waals surface area contributed by atoms with Crippen LogP contribution >= 0.6 is 11.8 Å². The Kier molecular flexibility index (Phi) is 4.11. The summed E-state index contributed by atoms with van der Waals surface area (Å²) in [5.74, 6) is 0.552. The van der Waals surface area contributed by atoms with Gasteiger partial charge in [-0.05, 0) is 38.5 Å². The largest absolute Gasteiger partial charge is 0.416 e. The van der Waals surface area contributed by atoms with Gasteiger partial charge in [0.2, 0.25) is 0 Å². The van der Waals surface area contributed by atoms with Gasteiger partial charge in [0.25, 0.3) is 5.56 Å². The molecular weight excluding hydrogens is 339 g/mol. The van der Waals surface area contributed by atoms with Crippen molar-refractivity contribution < 1.29 is 13.2 Å². The van der Waals surface area contributed by atoms with E-state index in [1.807, 2.05) is 20.8 Å². The molecule has 8 heteroatoms. The van der Waals surface area contributed by atoms with Crippen LogP contribution in [0.5, 0.6) is 0 Å². The minimum absolute atomic E-state index is 0.0226. The van der Waals surface area contributed by atoms with Crippen LogP contribution in [0, 0.1) is 0 Å². The number of alkyl halides is 3. The molecule has 3 rings (SSSR count). The van der Waals surface area contributed by atoms with Crippen LogP contribution in [0.25, 0.3) is 0 Å². The smallest absolute Gasteiger partial charge is 0.268 e. The standard InChI is InChI=1S/C16H16F3N3OS/c1-8(2)22-14-12(15(23)21-22)13(24-9(3)20-14)10-4-6-11(7-5-10)16(17,18)19/h4-8,13H,1-3H3,(H,21,23)/t13-/m1/s1. The number of aliphatic imine (C=N–C) groups is 1. The molecule has 2 heterocycles. The second-order valence-electron chi connectivity index (χ2n) is 5.89. The molecule has 1 N–H and O–H groups in total. The van der Waals surface area contributed by atoms with E-state index in [9.17, 15) is 18.0 Å². The third kappa shape index (κ3) is 2.90. The van der Waals surface area contributed by atoms with E-state index < -0.39 is 11.7 Å². The number of rotatable bonds is 2. The fraction of sp³-hybridized carbons (Fsp3) is 0.375. The zero-order valence-corrected chi connectivity index (χ0v) is 14.1. The first-order valence-corrected chi connectivity index (χ1v) is 8.30. The van der Waals surface area contributed by atoms with Crippen LogP contribution in [0.3, 0.4) is 0 Å². The molecule has 0 fully saturated rings. The fourth-order valence-electron chi connectivity index (χ4n) is 2.66. The van der Waals surface area contributed by atoms with Crippen LogP contribution in [0.15, 0.2) is 34.1 Å². The molecule has 0 amide bonds. The molecule has 1 aliphatic heterocycles. The quantitative estimate of drug-likeness (QED) is 0.852. The predicted molar refractivity (Wildman–Crippen MR) is 89.1 cm³/mol. The Morgan fingerprint density at radius 1 is 1.25 bits per heavy atom. The van der Waals surface area contributed by atoms with Gasteiger partial charge in [0, 0.05) is 6.04 Å². The molecular formula is C16H16F3N3OS. The highest BCUT2D eigenvalue weighted by molar-refractivity contribution is 8.14. The molecule has 0 unspecified atom stereocenters. The Morgan fingerprint density at radius 2 is 1.88 bits per heavy atom. The van der Waals surface area contributed by atoms with Crippen LogP contribution in [0.2, 0.25) is 0 Å². The van der Waals surface area contributed by atoms with E-state index in [0.717, 1.165) is 17.2 Å². The number of nitrogens with zero attached hydrogens (tertiary/aromatic N) is 2. The van der Waals surface area contributed by atoms with Crippen LogP contribution in [-0.2, 0) is 6.18 Å². The number of H-pyrrole nitrogens is 1. The molecule has 1 aromatic heterocycles. The summed E-state index contributed by atoms with van der Waals surface area (Å²) in [7, 11) is 0. The SMILES string of the molecule is CC1=Nc2c(c(=O)[nH]n2C(C)C)[C@@H](c2ccc(C(F)(F)F)cc2)S1. The molecule has 1 atom stereocenters. The summed E-state index contributed by atoms with van der Waals surface area (Å²) in [6.45, 7) is 5.68. The lowest BCUT2D eigenvalue weighted by molar-refractivity contribution is -0.137. The van der Waals surface area contributed by atoms with Gasteiger partial charge in [0.1, 0.15) is 0 Å². The van der Waals surface area contributed by atoms with Gasteiger partial charge >= 0.3 is 6.18 Å². The molecule has 128 valence electrons. The highest BCUT2D eigenvalue weighted by atomic mass is 32.2. The molecule has 0 spiro atoms. The van der Waals surface area contributed by atoms with Crippen LogP contribution in [0.4, 0.5) is 19.0 Å². The minimum Gasteiger partial charge on any atom is -0.268 e. The van der Waals surface area contributed by atoms with E-state index in [1.54, 1.807) is 4.68 Å². The zero-order valence-electron chi connectivity index (χ0n) is 13.3. The summed E-state index contributed by atoms with van der Waals surface area (Å²) in [6.07, 6.45) is -4.38. The Balaban J connectivity index is 2.09. The van der Waals surface area contributed by atoms with E-state index in [2.05, 4.69) is 10.1 Å². The highest BCUT2D eigenvalue weighted by Gasteiger charge is 2.33. The van der Waals surface area contributed by atoms with Crippen LogP contribution in [-0.4, -0.2) is 14.8 Å². The van der Waals surface area contributed by atoms with Gasteiger partial charge in [0.05, 0.1) is 21.4 Å². The van der Waals surface area contributed by atoms with E-state index in [-0.39, 0.29) is 16.9 Å². The van der Waals surface area contributed by atoms with Crippen molar-refractivity contribution in [2.24, 2.45) is 4.99 Å². The second-order valence-corrected chi connectivity index (χ2v) is 7.19. The molecule has 0 aliphatic carbocycles. The lowest BCUT2D eigenvalue weighted by Crippen LogP contribution is -2.14. The topological polar surface area (TPSA) is 50.1 Å². The Bertz CT molecular complexity index is 847. The molecule has 4 nitrogen and oxygen atoms in total. The number of aromatic nitrogens is 2. The third-order valence-corrected chi connectivity index (χ3v) is 4.98. The van der Waals surface area contributed by atoms with Crippen molar-refractivity contribution in [3.63, 3.8) is 0 Å². The van der Waals surface area contributed by atoms with Crippen molar-refractivity contribution in [3.05, 3.63) is 51.3 Å². The zero-order chi connectivity index (χ0) is 17.6. The van der Waals surface area contributed by atoms with Crippen LogP contribution < -0.4 is 5.56 Å². The summed E-state index contributed by atoms with van der Waals surface area (Å²) >= 11 is 1.37. The number of fused-ring (bicyclic) bond motifs is 1. The first-order chi connectivity index (χ1) is 11.2. The normalized spacial score (nSPS) is 17.8. The molecule has 2 aromatic rings. The average Bonchev–Trinajstić information content (AvgIpc) is 2.83.